The van der Waals surface area contributed by atoms with Gasteiger partial charge in [0, 0.05) is 11.0 Å². The van der Waals surface area contributed by atoms with Crippen LogP contribution in [-0.2, 0) is 15.1 Å². The molecule has 0 spiro atoms. The monoisotopic (exact) mass is 338 g/mol. The SMILES string of the molecule is NC[C@H]1CC[C@@H](C(=O)NC2(c3ccc(Br)cc3)CC2)O1. The van der Waals surface area contributed by atoms with E-state index in [1.54, 1.807) is 0 Å². The number of nitrogens with one attached hydrogen (secondary N) is 1. The van der Waals surface area contributed by atoms with Gasteiger partial charge in [0.25, 0.3) is 0 Å². The fraction of sp³-hybridized carbons (Fsp3) is 0.533. The van der Waals surface area contributed by atoms with Gasteiger partial charge in [-0.2, -0.15) is 0 Å². The standard InChI is InChI=1S/C15H19BrN2O2/c16-11-3-1-10(2-4-11)15(7-8-15)18-14(19)13-6-5-12(9-17)20-13/h1-4,12-13H,5-9,17H2,(H,18,19)/t12-,13+/m1/s1. The molecule has 1 aliphatic heterocycles. The molecule has 3 N–H and O–H groups in total. The van der Waals surface area contributed by atoms with E-state index in [1.807, 2.05) is 12.1 Å². The van der Waals surface area contributed by atoms with E-state index in [1.165, 1.54) is 5.56 Å². The normalized spacial score (nSPS) is 27.3. The molecular weight excluding hydrogens is 320 g/mol. The van der Waals surface area contributed by atoms with Crippen molar-refractivity contribution in [3.63, 3.8) is 0 Å². The van der Waals surface area contributed by atoms with E-state index in [2.05, 4.69) is 33.4 Å². The van der Waals surface area contributed by atoms with Gasteiger partial charge in [-0.05, 0) is 43.4 Å². The molecule has 0 unspecified atom stereocenters. The van der Waals surface area contributed by atoms with Crippen molar-refractivity contribution in [1.29, 1.82) is 0 Å². The Morgan fingerprint density at radius 2 is 2.05 bits per heavy atom. The number of carbonyl (C=O) groups is 1. The molecule has 1 aliphatic carbocycles. The lowest BCUT2D eigenvalue weighted by atomic mass is 10.0. The van der Waals surface area contributed by atoms with Crippen LogP contribution in [0.15, 0.2) is 28.7 Å². The highest BCUT2D eigenvalue weighted by Gasteiger charge is 2.47. The molecule has 4 nitrogen and oxygen atoms in total. The molecule has 0 aromatic heterocycles. The Bertz CT molecular complexity index is 499. The Morgan fingerprint density at radius 3 is 2.60 bits per heavy atom. The minimum absolute atomic E-state index is 0.00127. The van der Waals surface area contributed by atoms with Crippen LogP contribution in [0.3, 0.4) is 0 Å². The molecule has 3 rings (SSSR count). The van der Waals surface area contributed by atoms with Gasteiger partial charge >= 0.3 is 0 Å². The van der Waals surface area contributed by atoms with Crippen molar-refractivity contribution in [2.24, 2.45) is 5.73 Å². The summed E-state index contributed by atoms with van der Waals surface area (Å²) in [5.41, 5.74) is 6.57. The highest BCUT2D eigenvalue weighted by Crippen LogP contribution is 2.46. The predicted molar refractivity (Wildman–Crippen MR) is 80.1 cm³/mol. The van der Waals surface area contributed by atoms with Crippen LogP contribution in [0.4, 0.5) is 0 Å². The summed E-state index contributed by atoms with van der Waals surface area (Å²) in [5.74, 6) is 0.00127. The zero-order chi connectivity index (χ0) is 14.2. The smallest absolute Gasteiger partial charge is 0.249 e. The number of halogens is 1. The minimum Gasteiger partial charge on any atom is -0.364 e. The maximum absolute atomic E-state index is 12.3. The number of hydrogen-bond donors (Lipinski definition) is 2. The first-order valence-electron chi connectivity index (χ1n) is 7.06. The number of amides is 1. The van der Waals surface area contributed by atoms with Gasteiger partial charge in [-0.15, -0.1) is 0 Å². The third-order valence-electron chi connectivity index (χ3n) is 4.17. The highest BCUT2D eigenvalue weighted by molar-refractivity contribution is 9.10. The van der Waals surface area contributed by atoms with Crippen molar-refractivity contribution in [2.45, 2.75) is 43.4 Å². The molecule has 1 amide bonds. The molecule has 1 aromatic carbocycles. The molecule has 2 atom stereocenters. The first kappa shape index (κ1) is 14.0. The van der Waals surface area contributed by atoms with Crippen molar-refractivity contribution < 1.29 is 9.53 Å². The summed E-state index contributed by atoms with van der Waals surface area (Å²) in [5, 5.41) is 3.17. The van der Waals surface area contributed by atoms with Crippen LogP contribution in [-0.4, -0.2) is 24.7 Å². The highest BCUT2D eigenvalue weighted by atomic mass is 79.9. The molecule has 20 heavy (non-hydrogen) atoms. The Labute approximate surface area is 127 Å². The molecule has 1 saturated carbocycles. The maximum Gasteiger partial charge on any atom is 0.249 e. The van der Waals surface area contributed by atoms with Crippen molar-refractivity contribution in [3.05, 3.63) is 34.3 Å². The Morgan fingerprint density at radius 1 is 1.35 bits per heavy atom. The van der Waals surface area contributed by atoms with Crippen molar-refractivity contribution in [2.75, 3.05) is 6.54 Å². The van der Waals surface area contributed by atoms with Crippen LogP contribution in [0.5, 0.6) is 0 Å². The third-order valence-corrected chi connectivity index (χ3v) is 4.70. The van der Waals surface area contributed by atoms with E-state index < -0.39 is 0 Å². The van der Waals surface area contributed by atoms with Gasteiger partial charge in [-0.1, -0.05) is 28.1 Å². The van der Waals surface area contributed by atoms with Crippen LogP contribution < -0.4 is 11.1 Å². The van der Waals surface area contributed by atoms with E-state index in [4.69, 9.17) is 10.5 Å². The van der Waals surface area contributed by atoms with Crippen LogP contribution in [0.25, 0.3) is 0 Å². The molecular formula is C15H19BrN2O2. The maximum atomic E-state index is 12.3. The van der Waals surface area contributed by atoms with Gasteiger partial charge in [0.05, 0.1) is 11.6 Å². The molecule has 5 heteroatoms. The van der Waals surface area contributed by atoms with E-state index >= 15 is 0 Å². The zero-order valence-corrected chi connectivity index (χ0v) is 12.9. The Kier molecular flexibility index (Phi) is 3.84. The first-order valence-corrected chi connectivity index (χ1v) is 7.86. The summed E-state index contributed by atoms with van der Waals surface area (Å²) in [4.78, 5) is 12.3. The Balaban J connectivity index is 1.65. The Hall–Kier alpha value is -0.910. The summed E-state index contributed by atoms with van der Waals surface area (Å²) in [6.45, 7) is 0.488. The number of carbonyl (C=O) groups excluding carboxylic acids is 1. The lowest BCUT2D eigenvalue weighted by Gasteiger charge is -2.21. The second-order valence-corrected chi connectivity index (χ2v) is 6.55. The lowest BCUT2D eigenvalue weighted by molar-refractivity contribution is -0.132. The van der Waals surface area contributed by atoms with Crippen LogP contribution in [0.2, 0.25) is 0 Å². The molecule has 1 heterocycles. The molecule has 2 fully saturated rings. The predicted octanol–water partition coefficient (Wildman–Crippen LogP) is 2.06. The summed E-state index contributed by atoms with van der Waals surface area (Å²) in [6.07, 6.45) is 3.33. The van der Waals surface area contributed by atoms with Crippen molar-refractivity contribution >= 4 is 21.8 Å². The van der Waals surface area contributed by atoms with Crippen LogP contribution >= 0.6 is 15.9 Å². The molecule has 0 bridgehead atoms. The van der Waals surface area contributed by atoms with Gasteiger partial charge < -0.3 is 15.8 Å². The average molecular weight is 339 g/mol. The first-order chi connectivity index (χ1) is 9.63. The summed E-state index contributed by atoms with van der Waals surface area (Å²) in [7, 11) is 0. The fourth-order valence-electron chi connectivity index (χ4n) is 2.77. The summed E-state index contributed by atoms with van der Waals surface area (Å²) < 4.78 is 6.71. The van der Waals surface area contributed by atoms with E-state index in [-0.39, 0.29) is 23.7 Å². The summed E-state index contributed by atoms with van der Waals surface area (Å²) in [6, 6.07) is 8.15. The molecule has 108 valence electrons. The average Bonchev–Trinajstić information content (AvgIpc) is 3.06. The lowest BCUT2D eigenvalue weighted by Crippen LogP contribution is -2.41. The second kappa shape index (κ2) is 5.47. The van der Waals surface area contributed by atoms with E-state index in [0.29, 0.717) is 6.54 Å². The molecule has 1 saturated heterocycles. The summed E-state index contributed by atoms with van der Waals surface area (Å²) >= 11 is 3.43. The van der Waals surface area contributed by atoms with E-state index in [0.717, 1.165) is 30.2 Å². The minimum atomic E-state index is -0.337. The number of hydrogen-bond acceptors (Lipinski definition) is 3. The van der Waals surface area contributed by atoms with Crippen LogP contribution in [0.1, 0.15) is 31.2 Å². The van der Waals surface area contributed by atoms with Gasteiger partial charge in [-0.25, -0.2) is 0 Å². The zero-order valence-electron chi connectivity index (χ0n) is 11.3. The number of benzene rings is 1. The number of rotatable bonds is 4. The van der Waals surface area contributed by atoms with Gasteiger partial charge in [0.1, 0.15) is 6.10 Å². The van der Waals surface area contributed by atoms with Crippen molar-refractivity contribution in [3.8, 4) is 0 Å². The topological polar surface area (TPSA) is 64.4 Å². The number of nitrogens with two attached hydrogens (primary N) is 1. The molecule has 1 aromatic rings. The van der Waals surface area contributed by atoms with Gasteiger partial charge in [-0.3, -0.25) is 4.79 Å². The molecule has 2 aliphatic rings. The fourth-order valence-corrected chi connectivity index (χ4v) is 3.03. The third kappa shape index (κ3) is 2.75. The van der Waals surface area contributed by atoms with Gasteiger partial charge in [0.15, 0.2) is 0 Å². The van der Waals surface area contributed by atoms with Crippen LogP contribution in [0, 0.1) is 0 Å². The number of ether oxygens (including phenoxy) is 1. The van der Waals surface area contributed by atoms with Gasteiger partial charge in [0.2, 0.25) is 5.91 Å². The quantitative estimate of drug-likeness (QED) is 0.883. The second-order valence-electron chi connectivity index (χ2n) is 5.64. The molecule has 0 radical (unpaired) electrons. The largest absolute Gasteiger partial charge is 0.364 e. The van der Waals surface area contributed by atoms with E-state index in [9.17, 15) is 4.79 Å². The van der Waals surface area contributed by atoms with Crippen molar-refractivity contribution in [1.82, 2.24) is 5.32 Å².